The summed E-state index contributed by atoms with van der Waals surface area (Å²) in [5.74, 6) is 0. The summed E-state index contributed by atoms with van der Waals surface area (Å²) in [6.07, 6.45) is 6.38. The van der Waals surface area contributed by atoms with Crippen LogP contribution in [-0.4, -0.2) is 11.0 Å². The predicted octanol–water partition coefficient (Wildman–Crippen LogP) is 1.76. The minimum absolute atomic E-state index is 0. The van der Waals surface area contributed by atoms with Gasteiger partial charge in [0, 0.05) is 25.0 Å². The van der Waals surface area contributed by atoms with E-state index in [4.69, 9.17) is 0 Å². The Hall–Kier alpha value is -0.600. The number of pyridine rings is 1. The fraction of sp³-hybridized carbons (Fsp3) is 0.444. The number of hydrogen-bond acceptors (Lipinski definition) is 2. The largest absolute Gasteiger partial charge is 0.310 e. The van der Waals surface area contributed by atoms with Crippen molar-refractivity contribution < 1.29 is 0 Å². The molecule has 0 atom stereocenters. The van der Waals surface area contributed by atoms with Crippen LogP contribution in [0, 0.1) is 0 Å². The van der Waals surface area contributed by atoms with Crippen LogP contribution in [0.5, 0.6) is 0 Å². The maximum atomic E-state index is 3.96. The molecule has 1 N–H and O–H groups in total. The first-order valence-electron chi connectivity index (χ1n) is 4.07. The molecule has 1 fully saturated rings. The van der Waals surface area contributed by atoms with Gasteiger partial charge in [0.05, 0.1) is 0 Å². The molecule has 1 aliphatic carbocycles. The Labute approximate surface area is 78.8 Å². The molecular weight excluding hydrogens is 172 g/mol. The third-order valence-corrected chi connectivity index (χ3v) is 1.92. The van der Waals surface area contributed by atoms with E-state index in [1.807, 2.05) is 12.4 Å². The van der Waals surface area contributed by atoms with Gasteiger partial charge in [-0.3, -0.25) is 4.98 Å². The van der Waals surface area contributed by atoms with E-state index in [1.165, 1.54) is 18.4 Å². The minimum atomic E-state index is 0. The van der Waals surface area contributed by atoms with Gasteiger partial charge in [-0.05, 0) is 30.5 Å². The lowest BCUT2D eigenvalue weighted by molar-refractivity contribution is 0.687. The average molecular weight is 185 g/mol. The predicted molar refractivity (Wildman–Crippen MR) is 51.3 cm³/mol. The second kappa shape index (κ2) is 4.43. The van der Waals surface area contributed by atoms with Crippen molar-refractivity contribution in [1.29, 1.82) is 0 Å². The summed E-state index contributed by atoms with van der Waals surface area (Å²) in [6.45, 7) is 0.993. The summed E-state index contributed by atoms with van der Waals surface area (Å²) < 4.78 is 0. The van der Waals surface area contributed by atoms with E-state index in [0.717, 1.165) is 12.6 Å². The summed E-state index contributed by atoms with van der Waals surface area (Å²) in [5.41, 5.74) is 1.33. The van der Waals surface area contributed by atoms with E-state index in [1.54, 1.807) is 0 Å². The van der Waals surface area contributed by atoms with Crippen molar-refractivity contribution in [3.05, 3.63) is 30.1 Å². The van der Waals surface area contributed by atoms with Gasteiger partial charge in [-0.15, -0.1) is 12.4 Å². The number of nitrogens with zero attached hydrogens (tertiary/aromatic N) is 1. The Bertz CT molecular complexity index is 221. The second-order valence-electron chi connectivity index (χ2n) is 3.01. The molecule has 1 aromatic heterocycles. The molecule has 0 aromatic carbocycles. The average Bonchev–Trinajstić information content (AvgIpc) is 2.86. The van der Waals surface area contributed by atoms with E-state index in [-0.39, 0.29) is 12.4 Å². The van der Waals surface area contributed by atoms with Crippen molar-refractivity contribution in [2.45, 2.75) is 25.4 Å². The van der Waals surface area contributed by atoms with Gasteiger partial charge in [-0.2, -0.15) is 0 Å². The summed E-state index contributed by atoms with van der Waals surface area (Å²) in [7, 11) is 0. The van der Waals surface area contributed by atoms with E-state index >= 15 is 0 Å². The van der Waals surface area contributed by atoms with Crippen LogP contribution in [0.4, 0.5) is 0 Å². The summed E-state index contributed by atoms with van der Waals surface area (Å²) in [5, 5.41) is 3.45. The fourth-order valence-corrected chi connectivity index (χ4v) is 1.05. The van der Waals surface area contributed by atoms with Gasteiger partial charge >= 0.3 is 0 Å². The minimum Gasteiger partial charge on any atom is -0.310 e. The molecule has 0 saturated heterocycles. The smallest absolute Gasteiger partial charge is 0.0271 e. The molecule has 1 heterocycles. The van der Waals surface area contributed by atoms with Crippen LogP contribution < -0.4 is 5.32 Å². The Balaban J connectivity index is 0.000000720. The summed E-state index contributed by atoms with van der Waals surface area (Å²) >= 11 is 0. The van der Waals surface area contributed by atoms with Gasteiger partial charge in [0.25, 0.3) is 0 Å². The molecule has 66 valence electrons. The first kappa shape index (κ1) is 9.49. The van der Waals surface area contributed by atoms with Crippen molar-refractivity contribution in [1.82, 2.24) is 10.3 Å². The molecule has 0 aliphatic heterocycles. The maximum Gasteiger partial charge on any atom is 0.0271 e. The highest BCUT2D eigenvalue weighted by Gasteiger charge is 2.19. The van der Waals surface area contributed by atoms with E-state index < -0.39 is 0 Å². The van der Waals surface area contributed by atoms with Crippen LogP contribution in [0.1, 0.15) is 18.4 Å². The molecule has 0 bridgehead atoms. The van der Waals surface area contributed by atoms with Crippen molar-refractivity contribution in [2.24, 2.45) is 0 Å². The Morgan fingerprint density at radius 1 is 1.33 bits per heavy atom. The Morgan fingerprint density at radius 2 is 2.00 bits per heavy atom. The van der Waals surface area contributed by atoms with Crippen LogP contribution in [0.3, 0.4) is 0 Å². The third kappa shape index (κ3) is 2.80. The molecule has 0 unspecified atom stereocenters. The van der Waals surface area contributed by atoms with Crippen molar-refractivity contribution in [3.63, 3.8) is 0 Å². The SMILES string of the molecule is Cl.c1cc(CNC2CC2)ccn1. The molecule has 0 amide bonds. The van der Waals surface area contributed by atoms with Crippen molar-refractivity contribution in [3.8, 4) is 0 Å². The first-order chi connectivity index (χ1) is 5.45. The molecule has 0 radical (unpaired) electrons. The molecule has 3 heteroatoms. The number of rotatable bonds is 3. The molecule has 0 spiro atoms. The zero-order valence-corrected chi connectivity index (χ0v) is 7.68. The number of aromatic nitrogens is 1. The molecule has 1 saturated carbocycles. The first-order valence-corrected chi connectivity index (χ1v) is 4.07. The molecule has 12 heavy (non-hydrogen) atoms. The van der Waals surface area contributed by atoms with E-state index in [9.17, 15) is 0 Å². The topological polar surface area (TPSA) is 24.9 Å². The Morgan fingerprint density at radius 3 is 2.58 bits per heavy atom. The van der Waals surface area contributed by atoms with E-state index in [2.05, 4.69) is 22.4 Å². The number of halogens is 1. The van der Waals surface area contributed by atoms with Gasteiger partial charge < -0.3 is 5.32 Å². The third-order valence-electron chi connectivity index (χ3n) is 1.92. The van der Waals surface area contributed by atoms with Crippen LogP contribution in [0.2, 0.25) is 0 Å². The van der Waals surface area contributed by atoms with Gasteiger partial charge in [-0.25, -0.2) is 0 Å². The van der Waals surface area contributed by atoms with Crippen LogP contribution in [0.15, 0.2) is 24.5 Å². The number of hydrogen-bond donors (Lipinski definition) is 1. The summed E-state index contributed by atoms with van der Waals surface area (Å²) in [4.78, 5) is 3.96. The van der Waals surface area contributed by atoms with Crippen LogP contribution in [0.25, 0.3) is 0 Å². The zero-order chi connectivity index (χ0) is 7.52. The lowest BCUT2D eigenvalue weighted by Crippen LogP contribution is -2.14. The maximum absolute atomic E-state index is 3.96. The lowest BCUT2D eigenvalue weighted by Gasteiger charge is -2.00. The van der Waals surface area contributed by atoms with Gasteiger partial charge in [-0.1, -0.05) is 0 Å². The lowest BCUT2D eigenvalue weighted by atomic mass is 10.3. The fourth-order valence-electron chi connectivity index (χ4n) is 1.05. The quantitative estimate of drug-likeness (QED) is 0.775. The monoisotopic (exact) mass is 184 g/mol. The van der Waals surface area contributed by atoms with Gasteiger partial charge in [0.2, 0.25) is 0 Å². The molecule has 1 aromatic rings. The Kier molecular flexibility index (Phi) is 3.50. The molecule has 1 aliphatic rings. The highest BCUT2D eigenvalue weighted by Crippen LogP contribution is 2.18. The highest BCUT2D eigenvalue weighted by atomic mass is 35.5. The van der Waals surface area contributed by atoms with Gasteiger partial charge in [0.15, 0.2) is 0 Å². The summed E-state index contributed by atoms with van der Waals surface area (Å²) in [6, 6.07) is 4.90. The standard InChI is InChI=1S/C9H12N2.ClH/c1-2-9(1)11-7-8-3-5-10-6-4-8;/h3-6,9,11H,1-2,7H2;1H. The number of nitrogens with one attached hydrogen (secondary N) is 1. The highest BCUT2D eigenvalue weighted by molar-refractivity contribution is 5.85. The molecule has 2 nitrogen and oxygen atoms in total. The van der Waals surface area contributed by atoms with Crippen molar-refractivity contribution in [2.75, 3.05) is 0 Å². The zero-order valence-electron chi connectivity index (χ0n) is 6.86. The van der Waals surface area contributed by atoms with Crippen LogP contribution >= 0.6 is 12.4 Å². The molecular formula is C9H13ClN2. The normalized spacial score (nSPS) is 15.3. The van der Waals surface area contributed by atoms with Gasteiger partial charge in [0.1, 0.15) is 0 Å². The second-order valence-corrected chi connectivity index (χ2v) is 3.01. The van der Waals surface area contributed by atoms with Crippen molar-refractivity contribution >= 4 is 12.4 Å². The van der Waals surface area contributed by atoms with Crippen LogP contribution in [-0.2, 0) is 6.54 Å². The van der Waals surface area contributed by atoms with E-state index in [0.29, 0.717) is 0 Å². The molecule has 2 rings (SSSR count).